The molecule has 0 amide bonds. The van der Waals surface area contributed by atoms with Crippen LogP contribution < -0.4 is 10.1 Å². The summed E-state index contributed by atoms with van der Waals surface area (Å²) < 4.78 is 4.97. The fraction of sp³-hybridized carbons (Fsp3) is 0.600. The van der Waals surface area contributed by atoms with Crippen LogP contribution in [0.15, 0.2) is 12.3 Å². The van der Waals surface area contributed by atoms with Gasteiger partial charge in [0.15, 0.2) is 0 Å². The molecule has 1 unspecified atom stereocenters. The Morgan fingerprint density at radius 1 is 1.60 bits per heavy atom. The molecule has 0 bridgehead atoms. The van der Waals surface area contributed by atoms with Crippen molar-refractivity contribution in [2.75, 3.05) is 19.0 Å². The first-order valence-corrected chi connectivity index (χ1v) is 5.01. The van der Waals surface area contributed by atoms with Crippen LogP contribution in [0.25, 0.3) is 0 Å². The van der Waals surface area contributed by atoms with Gasteiger partial charge < -0.3 is 15.2 Å². The standard InChI is InChI=1S/C10H17N3O2/c1-8(14)4-3-6-11-10-12-7-5-9(13-10)15-2/h5,7-8,14H,3-4,6H2,1-2H3,(H,11,12,13). The van der Waals surface area contributed by atoms with E-state index in [1.165, 1.54) is 0 Å². The number of anilines is 1. The Balaban J connectivity index is 2.30. The van der Waals surface area contributed by atoms with Crippen molar-refractivity contribution in [3.05, 3.63) is 12.3 Å². The first-order valence-electron chi connectivity index (χ1n) is 5.01. The molecule has 1 aromatic heterocycles. The Morgan fingerprint density at radius 2 is 2.40 bits per heavy atom. The van der Waals surface area contributed by atoms with Gasteiger partial charge in [0.05, 0.1) is 13.2 Å². The SMILES string of the molecule is COc1ccnc(NCCCC(C)O)n1. The molecule has 0 aliphatic rings. The lowest BCUT2D eigenvalue weighted by molar-refractivity contribution is 0.183. The van der Waals surface area contributed by atoms with Crippen LogP contribution >= 0.6 is 0 Å². The van der Waals surface area contributed by atoms with Crippen molar-refractivity contribution >= 4 is 5.95 Å². The highest BCUT2D eigenvalue weighted by molar-refractivity contribution is 5.26. The van der Waals surface area contributed by atoms with Gasteiger partial charge >= 0.3 is 0 Å². The summed E-state index contributed by atoms with van der Waals surface area (Å²) in [7, 11) is 1.57. The number of aliphatic hydroxyl groups excluding tert-OH is 1. The Bertz CT molecular complexity index is 292. The van der Waals surface area contributed by atoms with Crippen molar-refractivity contribution in [2.24, 2.45) is 0 Å². The number of aromatic nitrogens is 2. The zero-order chi connectivity index (χ0) is 11.1. The van der Waals surface area contributed by atoms with Crippen LogP contribution in [-0.2, 0) is 0 Å². The van der Waals surface area contributed by atoms with Crippen LogP contribution in [0, 0.1) is 0 Å². The molecule has 5 heteroatoms. The Labute approximate surface area is 89.5 Å². The lowest BCUT2D eigenvalue weighted by Gasteiger charge is -2.06. The summed E-state index contributed by atoms with van der Waals surface area (Å²) >= 11 is 0. The van der Waals surface area contributed by atoms with Gasteiger partial charge in [0.2, 0.25) is 11.8 Å². The van der Waals surface area contributed by atoms with Crippen molar-refractivity contribution in [1.82, 2.24) is 9.97 Å². The van der Waals surface area contributed by atoms with E-state index in [9.17, 15) is 0 Å². The molecule has 1 heterocycles. The first kappa shape index (κ1) is 11.7. The lowest BCUT2D eigenvalue weighted by Crippen LogP contribution is -2.08. The molecule has 15 heavy (non-hydrogen) atoms. The van der Waals surface area contributed by atoms with E-state index in [4.69, 9.17) is 9.84 Å². The zero-order valence-electron chi connectivity index (χ0n) is 9.10. The van der Waals surface area contributed by atoms with Crippen LogP contribution in [0.1, 0.15) is 19.8 Å². The highest BCUT2D eigenvalue weighted by Gasteiger charge is 1.99. The molecule has 1 rings (SSSR count). The topological polar surface area (TPSA) is 67.3 Å². The van der Waals surface area contributed by atoms with Gasteiger partial charge in [-0.1, -0.05) is 0 Å². The number of nitrogens with zero attached hydrogens (tertiary/aromatic N) is 2. The average Bonchev–Trinajstić information content (AvgIpc) is 2.24. The molecule has 0 aliphatic carbocycles. The highest BCUT2D eigenvalue weighted by Crippen LogP contribution is 2.07. The molecular weight excluding hydrogens is 194 g/mol. The number of ether oxygens (including phenoxy) is 1. The molecule has 84 valence electrons. The molecule has 0 aliphatic heterocycles. The third-order valence-electron chi connectivity index (χ3n) is 1.92. The maximum absolute atomic E-state index is 9.05. The predicted molar refractivity (Wildman–Crippen MR) is 58.0 cm³/mol. The van der Waals surface area contributed by atoms with E-state index in [1.807, 2.05) is 0 Å². The van der Waals surface area contributed by atoms with Crippen molar-refractivity contribution < 1.29 is 9.84 Å². The predicted octanol–water partition coefficient (Wildman–Crippen LogP) is 1.06. The van der Waals surface area contributed by atoms with Gasteiger partial charge in [-0.3, -0.25) is 0 Å². The largest absolute Gasteiger partial charge is 0.481 e. The molecule has 0 spiro atoms. The molecule has 0 saturated heterocycles. The molecule has 1 aromatic rings. The Hall–Kier alpha value is -1.36. The van der Waals surface area contributed by atoms with Gasteiger partial charge in [0, 0.05) is 18.8 Å². The van der Waals surface area contributed by atoms with Crippen LogP contribution in [0.4, 0.5) is 5.95 Å². The third-order valence-corrected chi connectivity index (χ3v) is 1.92. The van der Waals surface area contributed by atoms with E-state index in [0.717, 1.165) is 19.4 Å². The smallest absolute Gasteiger partial charge is 0.225 e. The normalized spacial score (nSPS) is 12.2. The van der Waals surface area contributed by atoms with Crippen LogP contribution in [0.3, 0.4) is 0 Å². The highest BCUT2D eigenvalue weighted by atomic mass is 16.5. The van der Waals surface area contributed by atoms with Gasteiger partial charge in [-0.05, 0) is 19.8 Å². The van der Waals surface area contributed by atoms with Crippen LogP contribution in [0.5, 0.6) is 5.88 Å². The number of rotatable bonds is 6. The Kier molecular flexibility index (Phi) is 4.83. The number of hydrogen-bond donors (Lipinski definition) is 2. The summed E-state index contributed by atoms with van der Waals surface area (Å²) in [6.45, 7) is 2.53. The van der Waals surface area contributed by atoms with Gasteiger partial charge in [-0.25, -0.2) is 4.98 Å². The molecule has 0 radical (unpaired) electrons. The summed E-state index contributed by atoms with van der Waals surface area (Å²) in [5.41, 5.74) is 0. The van der Waals surface area contributed by atoms with E-state index in [2.05, 4.69) is 15.3 Å². The van der Waals surface area contributed by atoms with E-state index in [1.54, 1.807) is 26.3 Å². The second-order valence-electron chi connectivity index (χ2n) is 3.34. The molecule has 5 nitrogen and oxygen atoms in total. The molecule has 1 atom stereocenters. The fourth-order valence-electron chi connectivity index (χ4n) is 1.14. The number of nitrogens with one attached hydrogen (secondary N) is 1. The summed E-state index contributed by atoms with van der Waals surface area (Å²) in [6.07, 6.45) is 3.05. The maximum atomic E-state index is 9.05. The zero-order valence-corrected chi connectivity index (χ0v) is 9.10. The van der Waals surface area contributed by atoms with E-state index >= 15 is 0 Å². The average molecular weight is 211 g/mol. The minimum Gasteiger partial charge on any atom is -0.481 e. The third kappa shape index (κ3) is 4.60. The number of aliphatic hydroxyl groups is 1. The molecule has 0 saturated carbocycles. The first-order chi connectivity index (χ1) is 7.22. The van der Waals surface area contributed by atoms with Crippen LogP contribution in [0.2, 0.25) is 0 Å². The maximum Gasteiger partial charge on any atom is 0.225 e. The fourth-order valence-corrected chi connectivity index (χ4v) is 1.14. The van der Waals surface area contributed by atoms with Crippen molar-refractivity contribution in [3.8, 4) is 5.88 Å². The lowest BCUT2D eigenvalue weighted by atomic mass is 10.2. The van der Waals surface area contributed by atoms with Gasteiger partial charge in [-0.15, -0.1) is 0 Å². The van der Waals surface area contributed by atoms with E-state index in [-0.39, 0.29) is 6.10 Å². The van der Waals surface area contributed by atoms with E-state index < -0.39 is 0 Å². The minimum atomic E-state index is -0.252. The molecule has 0 aromatic carbocycles. The minimum absolute atomic E-state index is 0.252. The molecule has 2 N–H and O–H groups in total. The molecule has 0 fully saturated rings. The second kappa shape index (κ2) is 6.19. The van der Waals surface area contributed by atoms with Crippen molar-refractivity contribution in [2.45, 2.75) is 25.9 Å². The van der Waals surface area contributed by atoms with Crippen molar-refractivity contribution in [1.29, 1.82) is 0 Å². The summed E-state index contributed by atoms with van der Waals surface area (Å²) in [5, 5.41) is 12.1. The number of hydrogen-bond acceptors (Lipinski definition) is 5. The quantitative estimate of drug-likeness (QED) is 0.689. The summed E-state index contributed by atoms with van der Waals surface area (Å²) in [5.74, 6) is 1.10. The molecular formula is C10H17N3O2. The summed E-state index contributed by atoms with van der Waals surface area (Å²) in [6, 6.07) is 1.70. The van der Waals surface area contributed by atoms with Crippen LogP contribution in [-0.4, -0.2) is 34.8 Å². The second-order valence-corrected chi connectivity index (χ2v) is 3.34. The van der Waals surface area contributed by atoms with Gasteiger partial charge in [-0.2, -0.15) is 4.98 Å². The van der Waals surface area contributed by atoms with Gasteiger partial charge in [0.1, 0.15) is 0 Å². The van der Waals surface area contributed by atoms with Crippen molar-refractivity contribution in [3.63, 3.8) is 0 Å². The Morgan fingerprint density at radius 3 is 3.07 bits per heavy atom. The number of methoxy groups -OCH3 is 1. The van der Waals surface area contributed by atoms with Gasteiger partial charge in [0.25, 0.3) is 0 Å². The van der Waals surface area contributed by atoms with E-state index in [0.29, 0.717) is 11.8 Å². The summed E-state index contributed by atoms with van der Waals surface area (Å²) in [4.78, 5) is 8.14. The monoisotopic (exact) mass is 211 g/mol.